The number of benzene rings is 2. The zero-order valence-corrected chi connectivity index (χ0v) is 24.6. The first-order chi connectivity index (χ1) is 19.9. The molecule has 2 N–H and O–H groups in total. The third kappa shape index (κ3) is 6.47. The van der Waals surface area contributed by atoms with Gasteiger partial charge in [-0.05, 0) is 64.8 Å². The van der Waals surface area contributed by atoms with Crippen molar-refractivity contribution in [2.45, 2.75) is 83.6 Å². The molecule has 41 heavy (non-hydrogen) atoms. The van der Waals surface area contributed by atoms with Crippen LogP contribution in [0.25, 0.3) is 11.4 Å². The van der Waals surface area contributed by atoms with Gasteiger partial charge in [-0.2, -0.15) is 5.21 Å². The molecule has 8 nitrogen and oxygen atoms in total. The number of hydrogen-bond acceptors (Lipinski definition) is 5. The van der Waals surface area contributed by atoms with Gasteiger partial charge in [0.15, 0.2) is 0 Å². The number of tetrazole rings is 1. The molecule has 8 heteroatoms. The summed E-state index contributed by atoms with van der Waals surface area (Å²) >= 11 is 0. The van der Waals surface area contributed by atoms with Crippen LogP contribution in [0.2, 0.25) is 0 Å². The van der Waals surface area contributed by atoms with E-state index in [2.05, 4.69) is 90.0 Å². The van der Waals surface area contributed by atoms with Gasteiger partial charge in [-0.3, -0.25) is 4.98 Å². The fraction of sp³-hybridized carbons (Fsp3) is 0.424. The second-order valence-electron chi connectivity index (χ2n) is 11.9. The van der Waals surface area contributed by atoms with Crippen LogP contribution >= 0.6 is 0 Å². The number of carbonyl (C=O) groups is 1. The first-order valence-electron chi connectivity index (χ1n) is 14.8. The third-order valence-electron chi connectivity index (χ3n) is 8.31. The molecular formula is C33H41N7O. The lowest BCUT2D eigenvalue weighted by molar-refractivity contribution is 0.167. The van der Waals surface area contributed by atoms with E-state index in [4.69, 9.17) is 4.98 Å². The molecule has 2 aromatic carbocycles. The second-order valence-corrected chi connectivity index (χ2v) is 11.9. The number of carbonyl (C=O) groups excluding carboxylic acids is 1. The molecular weight excluding hydrogens is 510 g/mol. The molecule has 1 aliphatic carbocycles. The van der Waals surface area contributed by atoms with Crippen LogP contribution in [-0.4, -0.2) is 43.1 Å². The molecule has 0 aliphatic heterocycles. The van der Waals surface area contributed by atoms with Gasteiger partial charge in [0.1, 0.15) is 0 Å². The van der Waals surface area contributed by atoms with Crippen molar-refractivity contribution in [1.29, 1.82) is 0 Å². The number of pyridine rings is 1. The van der Waals surface area contributed by atoms with E-state index >= 15 is 0 Å². The zero-order valence-electron chi connectivity index (χ0n) is 24.6. The number of para-hydroxylation sites is 1. The summed E-state index contributed by atoms with van der Waals surface area (Å²) in [6, 6.07) is 20.5. The van der Waals surface area contributed by atoms with Crippen LogP contribution in [0.4, 0.5) is 10.5 Å². The van der Waals surface area contributed by atoms with E-state index in [9.17, 15) is 4.79 Å². The smallest absolute Gasteiger partial charge is 0.319 e. The minimum absolute atomic E-state index is 0.0918. The average Bonchev–Trinajstić information content (AvgIpc) is 3.53. The number of rotatable bonds is 9. The molecule has 0 spiro atoms. The van der Waals surface area contributed by atoms with Crippen LogP contribution in [0.5, 0.6) is 0 Å². The number of amides is 2. The Hall–Kier alpha value is -4.07. The van der Waals surface area contributed by atoms with Crippen LogP contribution in [0, 0.1) is 0 Å². The summed E-state index contributed by atoms with van der Waals surface area (Å²) in [7, 11) is 0. The quantitative estimate of drug-likeness (QED) is 0.225. The predicted octanol–water partition coefficient (Wildman–Crippen LogP) is 7.44. The maximum absolute atomic E-state index is 14.4. The Kier molecular flexibility index (Phi) is 8.76. The molecule has 2 heterocycles. The monoisotopic (exact) mass is 551 g/mol. The summed E-state index contributed by atoms with van der Waals surface area (Å²) in [5, 5.41) is 17.9. The number of aromatic amines is 1. The maximum Gasteiger partial charge on any atom is 0.322 e. The van der Waals surface area contributed by atoms with Gasteiger partial charge in [0, 0.05) is 41.6 Å². The highest BCUT2D eigenvalue weighted by Gasteiger charge is 2.38. The Morgan fingerprint density at radius 2 is 1.68 bits per heavy atom. The normalized spacial score (nSPS) is 14.8. The summed E-state index contributed by atoms with van der Waals surface area (Å²) in [6.45, 7) is 9.74. The first kappa shape index (κ1) is 28.5. The number of aromatic nitrogens is 5. The van der Waals surface area contributed by atoms with Crippen LogP contribution < -0.4 is 5.32 Å². The van der Waals surface area contributed by atoms with Crippen molar-refractivity contribution < 1.29 is 4.79 Å². The molecule has 4 aromatic rings. The summed E-state index contributed by atoms with van der Waals surface area (Å²) < 4.78 is 0. The molecule has 1 saturated carbocycles. The number of nitrogens with zero attached hydrogens (tertiary/aromatic N) is 5. The van der Waals surface area contributed by atoms with Crippen LogP contribution in [0.1, 0.15) is 94.0 Å². The maximum atomic E-state index is 14.4. The number of nitrogens with one attached hydrogen (secondary N) is 2. The topological polar surface area (TPSA) is 99.7 Å². The van der Waals surface area contributed by atoms with Gasteiger partial charge in [-0.15, -0.1) is 10.2 Å². The van der Waals surface area contributed by atoms with Gasteiger partial charge in [-0.25, -0.2) is 4.79 Å². The molecule has 214 valence electrons. The number of urea groups is 1. The molecule has 0 bridgehead atoms. The molecule has 5 rings (SSSR count). The molecule has 2 aromatic heterocycles. The van der Waals surface area contributed by atoms with Crippen molar-refractivity contribution in [1.82, 2.24) is 30.5 Å². The second kappa shape index (κ2) is 12.6. The molecule has 0 unspecified atom stereocenters. The minimum Gasteiger partial charge on any atom is -0.319 e. The van der Waals surface area contributed by atoms with Crippen LogP contribution in [-0.2, 0) is 12.0 Å². The SMILES string of the molecule is CC(C)c1cccc(C(C)C)c1NC(=O)N(Cc1cccc(-c2nn[nH]n2)c1)CC1(c2ccccn2)CCCCC1. The van der Waals surface area contributed by atoms with E-state index in [1.807, 2.05) is 35.4 Å². The van der Waals surface area contributed by atoms with Gasteiger partial charge in [-0.1, -0.05) is 89.4 Å². The molecule has 2 amide bonds. The van der Waals surface area contributed by atoms with Crippen molar-refractivity contribution in [3.05, 3.63) is 89.2 Å². The highest BCUT2D eigenvalue weighted by molar-refractivity contribution is 5.91. The highest BCUT2D eigenvalue weighted by atomic mass is 16.2. The highest BCUT2D eigenvalue weighted by Crippen LogP contribution is 2.40. The minimum atomic E-state index is -0.194. The van der Waals surface area contributed by atoms with Crippen molar-refractivity contribution in [2.24, 2.45) is 0 Å². The summed E-state index contributed by atoms with van der Waals surface area (Å²) in [5.41, 5.74) is 5.99. The lowest BCUT2D eigenvalue weighted by Crippen LogP contribution is -2.46. The van der Waals surface area contributed by atoms with Crippen molar-refractivity contribution >= 4 is 11.7 Å². The first-order valence-corrected chi connectivity index (χ1v) is 14.8. The van der Waals surface area contributed by atoms with Crippen LogP contribution in [0.3, 0.4) is 0 Å². The summed E-state index contributed by atoms with van der Waals surface area (Å²) in [4.78, 5) is 21.2. The van der Waals surface area contributed by atoms with Gasteiger partial charge < -0.3 is 10.2 Å². The molecule has 0 saturated heterocycles. The van der Waals surface area contributed by atoms with E-state index in [0.29, 0.717) is 18.9 Å². The number of hydrogen-bond donors (Lipinski definition) is 2. The number of anilines is 1. The Balaban J connectivity index is 1.53. The fourth-order valence-corrected chi connectivity index (χ4v) is 6.16. The zero-order chi connectivity index (χ0) is 28.8. The van der Waals surface area contributed by atoms with E-state index in [1.54, 1.807) is 0 Å². The Bertz CT molecular complexity index is 1400. The van der Waals surface area contributed by atoms with E-state index in [0.717, 1.165) is 59.3 Å². The average molecular weight is 552 g/mol. The predicted molar refractivity (Wildman–Crippen MR) is 163 cm³/mol. The Morgan fingerprint density at radius 1 is 0.951 bits per heavy atom. The van der Waals surface area contributed by atoms with Crippen molar-refractivity contribution in [3.8, 4) is 11.4 Å². The summed E-state index contributed by atoms with van der Waals surface area (Å²) in [6.07, 6.45) is 7.37. The lowest BCUT2D eigenvalue weighted by Gasteiger charge is -2.41. The van der Waals surface area contributed by atoms with Crippen LogP contribution in [0.15, 0.2) is 66.9 Å². The number of H-pyrrole nitrogens is 1. The molecule has 1 fully saturated rings. The van der Waals surface area contributed by atoms with Gasteiger partial charge in [0.25, 0.3) is 0 Å². The van der Waals surface area contributed by atoms with Gasteiger partial charge in [0.05, 0.1) is 0 Å². The van der Waals surface area contributed by atoms with E-state index in [1.165, 1.54) is 6.42 Å². The third-order valence-corrected chi connectivity index (χ3v) is 8.31. The Morgan fingerprint density at radius 3 is 2.32 bits per heavy atom. The van der Waals surface area contributed by atoms with Crippen molar-refractivity contribution in [3.63, 3.8) is 0 Å². The van der Waals surface area contributed by atoms with Crippen molar-refractivity contribution in [2.75, 3.05) is 11.9 Å². The largest absolute Gasteiger partial charge is 0.322 e. The Labute approximate surface area is 243 Å². The summed E-state index contributed by atoms with van der Waals surface area (Å²) in [5.74, 6) is 1.09. The fourth-order valence-electron chi connectivity index (χ4n) is 6.16. The van der Waals surface area contributed by atoms with Gasteiger partial charge >= 0.3 is 6.03 Å². The van der Waals surface area contributed by atoms with Gasteiger partial charge in [0.2, 0.25) is 5.82 Å². The molecule has 0 radical (unpaired) electrons. The van der Waals surface area contributed by atoms with E-state index in [-0.39, 0.29) is 23.3 Å². The lowest BCUT2D eigenvalue weighted by atomic mass is 9.71. The molecule has 0 atom stereocenters. The molecule has 1 aliphatic rings. The van der Waals surface area contributed by atoms with E-state index < -0.39 is 0 Å². The standard InChI is InChI=1S/C33H41N7O/c1-23(2)27-14-11-15-28(24(3)4)30(27)35-32(41)40(21-25-12-10-13-26(20-25)31-36-38-39-37-31)22-33(17-7-5-8-18-33)29-16-6-9-19-34-29/h6,9-16,19-20,23-24H,5,7-8,17-18,21-22H2,1-4H3,(H,35,41)(H,36,37,38,39).